The van der Waals surface area contributed by atoms with Gasteiger partial charge in [-0.2, -0.15) is 0 Å². The van der Waals surface area contributed by atoms with Gasteiger partial charge in [-0.15, -0.1) is 0 Å². The average molecular weight is 312 g/mol. The lowest BCUT2D eigenvalue weighted by Crippen LogP contribution is -2.71. The second-order valence-corrected chi connectivity index (χ2v) is 5.04. The van der Waals surface area contributed by atoms with E-state index in [4.69, 9.17) is 9.47 Å². The van der Waals surface area contributed by atoms with Crippen LogP contribution in [0.1, 0.15) is 5.56 Å². The molecule has 3 rings (SSSR count). The zero-order chi connectivity index (χ0) is 16.1. The van der Waals surface area contributed by atoms with Gasteiger partial charge in [-0.05, 0) is 17.7 Å². The highest BCUT2D eigenvalue weighted by molar-refractivity contribution is 5.91. The predicted octanol–water partition coefficient (Wildman–Crippen LogP) is 1.82. The van der Waals surface area contributed by atoms with Crippen LogP contribution in [-0.2, 0) is 16.1 Å². The number of benzene rings is 2. The Balaban J connectivity index is 1.49. The van der Waals surface area contributed by atoms with E-state index in [2.05, 4.69) is 10.6 Å². The zero-order valence-corrected chi connectivity index (χ0v) is 12.3. The lowest BCUT2D eigenvalue weighted by Gasteiger charge is -2.36. The van der Waals surface area contributed by atoms with Crippen molar-refractivity contribution in [3.05, 3.63) is 66.2 Å². The van der Waals surface area contributed by atoms with Crippen molar-refractivity contribution in [2.75, 3.05) is 0 Å². The van der Waals surface area contributed by atoms with Gasteiger partial charge in [0.1, 0.15) is 12.4 Å². The summed E-state index contributed by atoms with van der Waals surface area (Å²) in [6.07, 6.45) is -1.26. The molecule has 2 aromatic rings. The molecule has 118 valence electrons. The number of carbonyl (C=O) groups is 2. The summed E-state index contributed by atoms with van der Waals surface area (Å²) in [6.45, 7) is 0.144. The lowest BCUT2D eigenvalue weighted by atomic mass is 10.1. The number of ether oxygens (including phenoxy) is 2. The first-order chi connectivity index (χ1) is 11.2. The van der Waals surface area contributed by atoms with Crippen molar-refractivity contribution in [1.82, 2.24) is 10.6 Å². The van der Waals surface area contributed by atoms with E-state index in [1.807, 2.05) is 48.5 Å². The minimum absolute atomic E-state index is 0.144. The van der Waals surface area contributed by atoms with Crippen molar-refractivity contribution < 1.29 is 19.1 Å². The molecule has 2 aromatic carbocycles. The molecule has 0 aromatic heterocycles. The Labute approximate surface area is 133 Å². The highest BCUT2D eigenvalue weighted by atomic mass is 16.6. The van der Waals surface area contributed by atoms with Gasteiger partial charge in [0.15, 0.2) is 6.04 Å². The van der Waals surface area contributed by atoms with Crippen molar-refractivity contribution in [3.63, 3.8) is 0 Å². The lowest BCUT2D eigenvalue weighted by molar-refractivity contribution is -0.139. The molecule has 0 aliphatic carbocycles. The van der Waals surface area contributed by atoms with E-state index in [9.17, 15) is 9.59 Å². The maximum Gasteiger partial charge on any atom is 0.408 e. The monoisotopic (exact) mass is 312 g/mol. The Bertz CT molecular complexity index is 676. The topological polar surface area (TPSA) is 76.7 Å². The number of rotatable bonds is 5. The number of carbonyl (C=O) groups excluding carboxylic acids is 2. The summed E-state index contributed by atoms with van der Waals surface area (Å²) in [5, 5.41) is 5.10. The van der Waals surface area contributed by atoms with Crippen LogP contribution in [0.15, 0.2) is 60.7 Å². The van der Waals surface area contributed by atoms with Gasteiger partial charge < -0.3 is 20.1 Å². The molecule has 1 aliphatic rings. The van der Waals surface area contributed by atoms with Gasteiger partial charge in [-0.3, -0.25) is 4.79 Å². The SMILES string of the molecule is O=C(NC1C(=O)NC1Oc1ccccc1)OCc1ccccc1. The van der Waals surface area contributed by atoms with Crippen molar-refractivity contribution >= 4 is 12.0 Å². The molecule has 2 atom stereocenters. The van der Waals surface area contributed by atoms with Crippen LogP contribution in [0.5, 0.6) is 5.75 Å². The fraction of sp³-hybridized carbons (Fsp3) is 0.176. The molecule has 1 aliphatic heterocycles. The quantitative estimate of drug-likeness (QED) is 0.826. The molecule has 0 spiro atoms. The first-order valence-corrected chi connectivity index (χ1v) is 7.22. The van der Waals surface area contributed by atoms with E-state index >= 15 is 0 Å². The largest absolute Gasteiger partial charge is 0.468 e. The molecule has 2 amide bonds. The molecular weight excluding hydrogens is 296 g/mol. The molecule has 2 unspecified atom stereocenters. The summed E-state index contributed by atoms with van der Waals surface area (Å²) >= 11 is 0. The Kier molecular flexibility index (Phi) is 4.42. The summed E-state index contributed by atoms with van der Waals surface area (Å²) in [5.74, 6) is 0.310. The summed E-state index contributed by atoms with van der Waals surface area (Å²) in [5.41, 5.74) is 0.873. The van der Waals surface area contributed by atoms with E-state index in [0.717, 1.165) is 5.56 Å². The smallest absolute Gasteiger partial charge is 0.408 e. The number of amides is 2. The molecule has 1 saturated heterocycles. The van der Waals surface area contributed by atoms with E-state index in [-0.39, 0.29) is 12.5 Å². The number of nitrogens with one attached hydrogen (secondary N) is 2. The van der Waals surface area contributed by atoms with Crippen LogP contribution in [0.25, 0.3) is 0 Å². The number of alkyl carbamates (subject to hydrolysis) is 1. The van der Waals surface area contributed by atoms with Gasteiger partial charge in [-0.1, -0.05) is 48.5 Å². The fourth-order valence-electron chi connectivity index (χ4n) is 2.13. The zero-order valence-electron chi connectivity index (χ0n) is 12.3. The summed E-state index contributed by atoms with van der Waals surface area (Å²) in [6, 6.07) is 17.6. The third kappa shape index (κ3) is 3.79. The average Bonchev–Trinajstić information content (AvgIpc) is 2.59. The maximum atomic E-state index is 11.8. The van der Waals surface area contributed by atoms with Crippen molar-refractivity contribution in [3.8, 4) is 5.75 Å². The highest BCUT2D eigenvalue weighted by Crippen LogP contribution is 2.16. The first kappa shape index (κ1) is 14.9. The Morgan fingerprint density at radius 2 is 1.70 bits per heavy atom. The minimum atomic E-state index is -0.765. The van der Waals surface area contributed by atoms with E-state index in [1.165, 1.54) is 0 Å². The molecule has 1 heterocycles. The first-order valence-electron chi connectivity index (χ1n) is 7.22. The minimum Gasteiger partial charge on any atom is -0.468 e. The summed E-state index contributed by atoms with van der Waals surface area (Å²) < 4.78 is 10.7. The molecule has 0 saturated carbocycles. The van der Waals surface area contributed by atoms with Gasteiger partial charge in [0.05, 0.1) is 0 Å². The van der Waals surface area contributed by atoms with Crippen LogP contribution >= 0.6 is 0 Å². The van der Waals surface area contributed by atoms with Gasteiger partial charge in [0, 0.05) is 0 Å². The highest BCUT2D eigenvalue weighted by Gasteiger charge is 2.42. The van der Waals surface area contributed by atoms with Crippen LogP contribution in [0.3, 0.4) is 0 Å². The number of β-lactam (4-membered cyclic amide) rings is 1. The second kappa shape index (κ2) is 6.83. The van der Waals surface area contributed by atoms with Crippen LogP contribution < -0.4 is 15.4 Å². The molecule has 0 radical (unpaired) electrons. The molecule has 1 fully saturated rings. The number of hydrogen-bond acceptors (Lipinski definition) is 4. The number of para-hydroxylation sites is 1. The molecule has 0 bridgehead atoms. The molecule has 23 heavy (non-hydrogen) atoms. The molecule has 6 heteroatoms. The third-order valence-electron chi connectivity index (χ3n) is 3.36. The third-order valence-corrected chi connectivity index (χ3v) is 3.36. The van der Waals surface area contributed by atoms with E-state index in [0.29, 0.717) is 5.75 Å². The Morgan fingerprint density at radius 1 is 1.04 bits per heavy atom. The van der Waals surface area contributed by atoms with Crippen LogP contribution in [-0.4, -0.2) is 24.3 Å². The normalized spacial score (nSPS) is 19.2. The predicted molar refractivity (Wildman–Crippen MR) is 82.6 cm³/mol. The van der Waals surface area contributed by atoms with Crippen molar-refractivity contribution in [1.29, 1.82) is 0 Å². The van der Waals surface area contributed by atoms with Crippen molar-refractivity contribution in [2.24, 2.45) is 0 Å². The van der Waals surface area contributed by atoms with Crippen LogP contribution in [0.4, 0.5) is 4.79 Å². The summed E-state index contributed by atoms with van der Waals surface area (Å²) in [7, 11) is 0. The van der Waals surface area contributed by atoms with Gasteiger partial charge in [0.25, 0.3) is 5.91 Å². The number of hydrogen-bond donors (Lipinski definition) is 2. The molecular formula is C17H16N2O4. The van der Waals surface area contributed by atoms with E-state index < -0.39 is 18.4 Å². The fourth-order valence-corrected chi connectivity index (χ4v) is 2.13. The standard InChI is InChI=1S/C17H16N2O4/c20-15-14(16(19-15)23-13-9-5-2-6-10-13)18-17(21)22-11-12-7-3-1-4-8-12/h1-10,14,16H,11H2,(H,18,21)(H,19,20). The Morgan fingerprint density at radius 3 is 2.35 bits per heavy atom. The van der Waals surface area contributed by atoms with E-state index in [1.54, 1.807) is 12.1 Å². The van der Waals surface area contributed by atoms with Gasteiger partial charge in [0.2, 0.25) is 6.23 Å². The van der Waals surface area contributed by atoms with Crippen molar-refractivity contribution in [2.45, 2.75) is 18.9 Å². The second-order valence-electron chi connectivity index (χ2n) is 5.04. The Hall–Kier alpha value is -3.02. The molecule has 2 N–H and O–H groups in total. The van der Waals surface area contributed by atoms with Crippen LogP contribution in [0, 0.1) is 0 Å². The summed E-state index contributed by atoms with van der Waals surface area (Å²) in [4.78, 5) is 23.4. The maximum absolute atomic E-state index is 11.8. The van der Waals surface area contributed by atoms with Crippen LogP contribution in [0.2, 0.25) is 0 Å². The van der Waals surface area contributed by atoms with Gasteiger partial charge in [-0.25, -0.2) is 4.79 Å². The van der Waals surface area contributed by atoms with Gasteiger partial charge >= 0.3 is 6.09 Å². The molecule has 6 nitrogen and oxygen atoms in total.